The molecule has 0 saturated heterocycles. The molecule has 1 fully saturated rings. The Morgan fingerprint density at radius 2 is 1.87 bits per heavy atom. The van der Waals surface area contributed by atoms with Crippen LogP contribution in [0.4, 0.5) is 8.78 Å². The van der Waals surface area contributed by atoms with E-state index in [1.54, 1.807) is 38.3 Å². The summed E-state index contributed by atoms with van der Waals surface area (Å²) in [7, 11) is 1.56. The van der Waals surface area contributed by atoms with Gasteiger partial charge in [-0.15, -0.1) is 0 Å². The minimum absolute atomic E-state index is 0.185. The van der Waals surface area contributed by atoms with Crippen molar-refractivity contribution in [3.8, 4) is 5.75 Å². The number of aliphatic hydroxyl groups is 1. The molecule has 0 heterocycles. The van der Waals surface area contributed by atoms with E-state index in [4.69, 9.17) is 4.74 Å². The molecule has 1 saturated carbocycles. The minimum Gasteiger partial charge on any atom is -0.497 e. The molecular weight excluding hydrogens is 304 g/mol. The lowest BCUT2D eigenvalue weighted by Gasteiger charge is -2.29. The van der Waals surface area contributed by atoms with Crippen LogP contribution in [0.25, 0.3) is 0 Å². The van der Waals surface area contributed by atoms with E-state index in [0.717, 1.165) is 0 Å². The van der Waals surface area contributed by atoms with Crippen LogP contribution in [0.1, 0.15) is 44.3 Å². The van der Waals surface area contributed by atoms with Crippen molar-refractivity contribution in [1.29, 1.82) is 0 Å². The molecular formula is C17H23F2NO3. The monoisotopic (exact) mass is 327 g/mol. The van der Waals surface area contributed by atoms with Gasteiger partial charge in [0.1, 0.15) is 5.75 Å². The summed E-state index contributed by atoms with van der Waals surface area (Å²) in [5, 5.41) is 13.0. The van der Waals surface area contributed by atoms with Crippen molar-refractivity contribution < 1.29 is 23.4 Å². The molecule has 23 heavy (non-hydrogen) atoms. The molecule has 1 amide bonds. The van der Waals surface area contributed by atoms with Gasteiger partial charge in [0.2, 0.25) is 11.8 Å². The highest BCUT2D eigenvalue weighted by molar-refractivity contribution is 5.79. The molecule has 128 valence electrons. The van der Waals surface area contributed by atoms with Gasteiger partial charge in [-0.3, -0.25) is 4.79 Å². The number of hydrogen-bond donors (Lipinski definition) is 2. The first-order valence-electron chi connectivity index (χ1n) is 7.82. The van der Waals surface area contributed by atoms with Crippen LogP contribution in [0, 0.1) is 5.92 Å². The average molecular weight is 327 g/mol. The number of alkyl halides is 2. The predicted octanol–water partition coefficient (Wildman–Crippen LogP) is 3.06. The largest absolute Gasteiger partial charge is 0.497 e. The Labute approximate surface area is 134 Å². The molecule has 4 nitrogen and oxygen atoms in total. The average Bonchev–Trinajstić information content (AvgIpc) is 2.54. The zero-order valence-electron chi connectivity index (χ0n) is 13.4. The summed E-state index contributed by atoms with van der Waals surface area (Å²) in [4.78, 5) is 12.2. The van der Waals surface area contributed by atoms with Gasteiger partial charge in [0.05, 0.1) is 19.3 Å². The van der Waals surface area contributed by atoms with E-state index in [2.05, 4.69) is 5.32 Å². The highest BCUT2D eigenvalue weighted by Gasteiger charge is 2.37. The Hall–Kier alpha value is -1.69. The van der Waals surface area contributed by atoms with Crippen molar-refractivity contribution in [2.75, 3.05) is 7.11 Å². The summed E-state index contributed by atoms with van der Waals surface area (Å²) in [5.74, 6) is -2.63. The second kappa shape index (κ2) is 7.25. The minimum atomic E-state index is -2.65. The standard InChI is InChI=1S/C17H23F2NO3/c1-11(15(21)12-3-5-14(23-2)6-4-12)20-16(22)13-7-9-17(18,19)10-8-13/h3-6,11,13,15,21H,7-10H2,1-2H3,(H,20,22). The fraction of sp³-hybridized carbons (Fsp3) is 0.588. The highest BCUT2D eigenvalue weighted by Crippen LogP contribution is 2.36. The molecule has 0 spiro atoms. The number of amides is 1. The Kier molecular flexibility index (Phi) is 5.57. The molecule has 0 aromatic heterocycles. The van der Waals surface area contributed by atoms with Crippen molar-refractivity contribution in [3.63, 3.8) is 0 Å². The zero-order valence-corrected chi connectivity index (χ0v) is 13.4. The molecule has 1 aromatic carbocycles. The lowest BCUT2D eigenvalue weighted by atomic mass is 9.86. The maximum Gasteiger partial charge on any atom is 0.248 e. The van der Waals surface area contributed by atoms with Crippen LogP contribution in [0.2, 0.25) is 0 Å². The number of aliphatic hydroxyl groups excluding tert-OH is 1. The van der Waals surface area contributed by atoms with Gasteiger partial charge in [-0.05, 0) is 37.5 Å². The lowest BCUT2D eigenvalue weighted by Crippen LogP contribution is -2.42. The summed E-state index contributed by atoms with van der Waals surface area (Å²) in [6, 6.07) is 6.42. The van der Waals surface area contributed by atoms with Crippen molar-refractivity contribution in [1.82, 2.24) is 5.32 Å². The van der Waals surface area contributed by atoms with E-state index in [1.165, 1.54) is 0 Å². The molecule has 1 aliphatic rings. The quantitative estimate of drug-likeness (QED) is 0.874. The SMILES string of the molecule is COc1ccc(C(O)C(C)NC(=O)C2CCC(F)(F)CC2)cc1. The maximum atomic E-state index is 13.1. The number of hydrogen-bond acceptors (Lipinski definition) is 3. The molecule has 2 atom stereocenters. The van der Waals surface area contributed by atoms with Crippen LogP contribution < -0.4 is 10.1 Å². The molecule has 2 rings (SSSR count). The van der Waals surface area contributed by atoms with Gasteiger partial charge in [-0.2, -0.15) is 0 Å². The third-order valence-electron chi connectivity index (χ3n) is 4.39. The normalized spacial score (nSPS) is 20.6. The number of methoxy groups -OCH3 is 1. The summed E-state index contributed by atoms with van der Waals surface area (Å²) in [6.07, 6.45) is -0.995. The number of ether oxygens (including phenoxy) is 1. The Morgan fingerprint density at radius 1 is 1.30 bits per heavy atom. The van der Waals surface area contributed by atoms with Gasteiger partial charge in [0, 0.05) is 18.8 Å². The molecule has 1 aliphatic carbocycles. The number of carbonyl (C=O) groups excluding carboxylic acids is 1. The summed E-state index contributed by atoms with van der Waals surface area (Å²) >= 11 is 0. The Balaban J connectivity index is 1.89. The summed E-state index contributed by atoms with van der Waals surface area (Å²) < 4.78 is 31.3. The third kappa shape index (κ3) is 4.64. The van der Waals surface area contributed by atoms with Crippen molar-refractivity contribution in [3.05, 3.63) is 29.8 Å². The second-order valence-corrected chi connectivity index (χ2v) is 6.15. The van der Waals surface area contributed by atoms with Gasteiger partial charge in [0.25, 0.3) is 0 Å². The highest BCUT2D eigenvalue weighted by atomic mass is 19.3. The fourth-order valence-corrected chi connectivity index (χ4v) is 2.81. The van der Waals surface area contributed by atoms with Crippen molar-refractivity contribution in [2.45, 2.75) is 50.7 Å². The molecule has 0 bridgehead atoms. The number of rotatable bonds is 5. The number of carbonyl (C=O) groups is 1. The Bertz CT molecular complexity index is 523. The van der Waals surface area contributed by atoms with E-state index in [0.29, 0.717) is 11.3 Å². The molecule has 6 heteroatoms. The molecule has 2 N–H and O–H groups in total. The maximum absolute atomic E-state index is 13.1. The topological polar surface area (TPSA) is 58.6 Å². The van der Waals surface area contributed by atoms with Crippen LogP contribution in [0.3, 0.4) is 0 Å². The second-order valence-electron chi connectivity index (χ2n) is 6.15. The smallest absolute Gasteiger partial charge is 0.248 e. The molecule has 0 radical (unpaired) electrons. The van der Waals surface area contributed by atoms with Gasteiger partial charge < -0.3 is 15.2 Å². The van der Waals surface area contributed by atoms with Gasteiger partial charge in [0.15, 0.2) is 0 Å². The first kappa shape index (κ1) is 17.7. The van der Waals surface area contributed by atoms with Crippen LogP contribution in [0.5, 0.6) is 5.75 Å². The lowest BCUT2D eigenvalue weighted by molar-refractivity contribution is -0.130. The van der Waals surface area contributed by atoms with Crippen LogP contribution in [-0.2, 0) is 4.79 Å². The van der Waals surface area contributed by atoms with E-state index < -0.39 is 24.0 Å². The summed E-state index contributed by atoms with van der Waals surface area (Å²) in [6.45, 7) is 1.70. The number of benzene rings is 1. The summed E-state index contributed by atoms with van der Waals surface area (Å²) in [5.41, 5.74) is 0.661. The molecule has 2 unspecified atom stereocenters. The number of halogens is 2. The van der Waals surface area contributed by atoms with Gasteiger partial charge in [-0.25, -0.2) is 8.78 Å². The Morgan fingerprint density at radius 3 is 2.39 bits per heavy atom. The molecule has 0 aliphatic heterocycles. The van der Waals surface area contributed by atoms with Crippen LogP contribution in [0.15, 0.2) is 24.3 Å². The predicted molar refractivity (Wildman–Crippen MR) is 82.5 cm³/mol. The first-order chi connectivity index (χ1) is 10.8. The van der Waals surface area contributed by atoms with E-state index in [1.807, 2.05) is 0 Å². The van der Waals surface area contributed by atoms with Crippen LogP contribution in [-0.4, -0.2) is 30.1 Å². The van der Waals surface area contributed by atoms with Crippen molar-refractivity contribution in [2.24, 2.45) is 5.92 Å². The first-order valence-corrected chi connectivity index (χ1v) is 7.82. The fourth-order valence-electron chi connectivity index (χ4n) is 2.81. The zero-order chi connectivity index (χ0) is 17.0. The molecule has 1 aromatic rings. The van der Waals surface area contributed by atoms with Gasteiger partial charge >= 0.3 is 0 Å². The number of nitrogens with one attached hydrogen (secondary N) is 1. The van der Waals surface area contributed by atoms with Gasteiger partial charge in [-0.1, -0.05) is 12.1 Å². The van der Waals surface area contributed by atoms with E-state index >= 15 is 0 Å². The van der Waals surface area contributed by atoms with E-state index in [9.17, 15) is 18.7 Å². The van der Waals surface area contributed by atoms with Crippen LogP contribution >= 0.6 is 0 Å². The van der Waals surface area contributed by atoms with E-state index in [-0.39, 0.29) is 31.6 Å². The third-order valence-corrected chi connectivity index (χ3v) is 4.39. The van der Waals surface area contributed by atoms with Crippen molar-refractivity contribution >= 4 is 5.91 Å².